The molecule has 1 unspecified atom stereocenters. The molecule has 26 heavy (non-hydrogen) atoms. The monoisotopic (exact) mass is 370 g/mol. The van der Waals surface area contributed by atoms with E-state index in [2.05, 4.69) is 15.0 Å². The van der Waals surface area contributed by atoms with E-state index in [0.717, 1.165) is 23.1 Å². The number of ether oxygens (including phenoxy) is 2. The summed E-state index contributed by atoms with van der Waals surface area (Å²) in [6.07, 6.45) is 4.69. The molecular weight excluding hydrogens is 352 g/mol. The molecule has 0 bridgehead atoms. The summed E-state index contributed by atoms with van der Waals surface area (Å²) in [5.41, 5.74) is 0.859. The van der Waals surface area contributed by atoms with Crippen LogP contribution in [0.5, 0.6) is 11.8 Å². The van der Waals surface area contributed by atoms with E-state index in [1.54, 1.807) is 11.1 Å². The van der Waals surface area contributed by atoms with Gasteiger partial charge in [0.2, 0.25) is 11.8 Å². The third-order valence-electron chi connectivity index (χ3n) is 4.23. The van der Waals surface area contributed by atoms with Crippen molar-refractivity contribution in [3.63, 3.8) is 0 Å². The number of nitrogens with zero attached hydrogens (tertiary/aromatic N) is 4. The Hall–Kier alpha value is -2.74. The van der Waals surface area contributed by atoms with Gasteiger partial charge in [0, 0.05) is 6.54 Å². The van der Waals surface area contributed by atoms with Crippen LogP contribution in [-0.4, -0.2) is 52.1 Å². The average molecular weight is 370 g/mol. The number of methoxy groups -OCH3 is 1. The highest BCUT2D eigenvalue weighted by Crippen LogP contribution is 2.25. The maximum absolute atomic E-state index is 12.8. The molecule has 134 valence electrons. The first-order valence-corrected chi connectivity index (χ1v) is 9.22. The number of hydrogen-bond acceptors (Lipinski definition) is 7. The van der Waals surface area contributed by atoms with Gasteiger partial charge in [-0.3, -0.25) is 9.78 Å². The molecule has 1 aromatic carbocycles. The maximum atomic E-state index is 12.8. The number of carbonyl (C=O) groups is 1. The van der Waals surface area contributed by atoms with E-state index in [9.17, 15) is 4.79 Å². The third kappa shape index (κ3) is 3.45. The number of thiazole rings is 1. The van der Waals surface area contributed by atoms with Crippen LogP contribution in [-0.2, 0) is 0 Å². The van der Waals surface area contributed by atoms with Crippen LogP contribution in [0.25, 0.3) is 10.2 Å². The Balaban J connectivity index is 1.46. The second-order valence-corrected chi connectivity index (χ2v) is 7.05. The molecule has 1 fully saturated rings. The van der Waals surface area contributed by atoms with Crippen LogP contribution >= 0.6 is 11.3 Å². The minimum atomic E-state index is -0.122. The van der Waals surface area contributed by atoms with Crippen LogP contribution in [0.2, 0.25) is 0 Å². The minimum absolute atomic E-state index is 0.0452. The van der Waals surface area contributed by atoms with Gasteiger partial charge in [0.05, 0.1) is 36.3 Å². The van der Waals surface area contributed by atoms with Crippen LogP contribution in [0.15, 0.2) is 36.7 Å². The summed E-state index contributed by atoms with van der Waals surface area (Å²) in [4.78, 5) is 27.4. The Labute approximate surface area is 154 Å². The van der Waals surface area contributed by atoms with Crippen molar-refractivity contribution in [1.29, 1.82) is 0 Å². The van der Waals surface area contributed by atoms with Gasteiger partial charge in [-0.05, 0) is 25.0 Å². The van der Waals surface area contributed by atoms with Crippen LogP contribution in [0, 0.1) is 0 Å². The number of rotatable bonds is 4. The molecule has 0 aliphatic carbocycles. The first-order chi connectivity index (χ1) is 12.7. The lowest BCUT2D eigenvalue weighted by Gasteiger charge is -2.32. The first kappa shape index (κ1) is 16.7. The lowest BCUT2D eigenvalue weighted by molar-refractivity contribution is 0.0525. The van der Waals surface area contributed by atoms with Gasteiger partial charge in [0.1, 0.15) is 6.10 Å². The van der Waals surface area contributed by atoms with Gasteiger partial charge in [-0.25, -0.2) is 4.98 Å². The number of aromatic nitrogens is 3. The van der Waals surface area contributed by atoms with E-state index in [4.69, 9.17) is 9.47 Å². The second-order valence-electron chi connectivity index (χ2n) is 6.02. The second kappa shape index (κ2) is 7.25. The number of piperidine rings is 1. The van der Waals surface area contributed by atoms with Gasteiger partial charge in [-0.1, -0.05) is 12.1 Å². The topological polar surface area (TPSA) is 77.4 Å². The van der Waals surface area contributed by atoms with Crippen LogP contribution in [0.3, 0.4) is 0 Å². The van der Waals surface area contributed by atoms with Crippen molar-refractivity contribution >= 4 is 27.5 Å². The van der Waals surface area contributed by atoms with Crippen LogP contribution in [0.1, 0.15) is 22.6 Å². The molecule has 4 rings (SSSR count). The molecule has 7 nitrogen and oxygen atoms in total. The molecule has 3 heterocycles. The number of hydrogen-bond donors (Lipinski definition) is 0. The average Bonchev–Trinajstić information content (AvgIpc) is 3.12. The number of amides is 1. The van der Waals surface area contributed by atoms with E-state index in [1.807, 2.05) is 24.3 Å². The fraction of sp³-hybridized carbons (Fsp3) is 0.333. The molecule has 1 saturated heterocycles. The van der Waals surface area contributed by atoms with Crippen LogP contribution in [0.4, 0.5) is 0 Å². The predicted molar refractivity (Wildman–Crippen MR) is 97.8 cm³/mol. The van der Waals surface area contributed by atoms with Crippen molar-refractivity contribution in [2.45, 2.75) is 18.9 Å². The SMILES string of the molecule is COc1cncc(OC2CCCN(C(=O)c3nc4ccccc4s3)C2)n1. The van der Waals surface area contributed by atoms with E-state index in [1.165, 1.54) is 24.6 Å². The molecule has 1 atom stereocenters. The highest BCUT2D eigenvalue weighted by Gasteiger charge is 2.27. The number of likely N-dealkylation sites (tertiary alicyclic amines) is 1. The van der Waals surface area contributed by atoms with E-state index >= 15 is 0 Å². The number of para-hydroxylation sites is 1. The van der Waals surface area contributed by atoms with Crippen molar-refractivity contribution in [3.05, 3.63) is 41.7 Å². The maximum Gasteiger partial charge on any atom is 0.282 e. The van der Waals surface area contributed by atoms with Gasteiger partial charge in [0.15, 0.2) is 5.01 Å². The van der Waals surface area contributed by atoms with E-state index < -0.39 is 0 Å². The fourth-order valence-corrected chi connectivity index (χ4v) is 3.91. The summed E-state index contributed by atoms with van der Waals surface area (Å²) in [6, 6.07) is 7.78. The molecule has 2 aromatic heterocycles. The zero-order valence-corrected chi connectivity index (χ0v) is 15.1. The minimum Gasteiger partial charge on any atom is -0.480 e. The summed E-state index contributed by atoms with van der Waals surface area (Å²) >= 11 is 1.43. The Morgan fingerprint density at radius 3 is 2.92 bits per heavy atom. The van der Waals surface area contributed by atoms with Gasteiger partial charge in [0.25, 0.3) is 5.91 Å². The van der Waals surface area contributed by atoms with Gasteiger partial charge >= 0.3 is 0 Å². The number of fused-ring (bicyclic) bond motifs is 1. The Bertz CT molecular complexity index is 896. The Morgan fingerprint density at radius 1 is 1.23 bits per heavy atom. The quantitative estimate of drug-likeness (QED) is 0.703. The Morgan fingerprint density at radius 2 is 2.08 bits per heavy atom. The lowest BCUT2D eigenvalue weighted by atomic mass is 10.1. The molecule has 0 N–H and O–H groups in total. The summed E-state index contributed by atoms with van der Waals surface area (Å²) < 4.78 is 12.0. The summed E-state index contributed by atoms with van der Waals surface area (Å²) in [5, 5.41) is 0.521. The highest BCUT2D eigenvalue weighted by molar-refractivity contribution is 7.20. The molecule has 8 heteroatoms. The fourth-order valence-electron chi connectivity index (χ4n) is 2.97. The van der Waals surface area contributed by atoms with E-state index in [0.29, 0.717) is 29.9 Å². The van der Waals surface area contributed by atoms with Gasteiger partial charge in [-0.2, -0.15) is 4.98 Å². The molecule has 3 aromatic rings. The third-order valence-corrected chi connectivity index (χ3v) is 5.25. The van der Waals surface area contributed by atoms with Crippen molar-refractivity contribution in [3.8, 4) is 11.8 Å². The van der Waals surface area contributed by atoms with Crippen molar-refractivity contribution in [2.75, 3.05) is 20.2 Å². The summed E-state index contributed by atoms with van der Waals surface area (Å²) in [7, 11) is 1.53. The largest absolute Gasteiger partial charge is 0.480 e. The highest BCUT2D eigenvalue weighted by atomic mass is 32.1. The zero-order chi connectivity index (χ0) is 17.9. The summed E-state index contributed by atoms with van der Waals surface area (Å²) in [6.45, 7) is 1.21. The van der Waals surface area contributed by atoms with Gasteiger partial charge in [-0.15, -0.1) is 11.3 Å². The van der Waals surface area contributed by atoms with Gasteiger partial charge < -0.3 is 14.4 Å². The molecular formula is C18H18N4O3S. The molecule has 1 aliphatic rings. The first-order valence-electron chi connectivity index (χ1n) is 8.40. The molecule has 0 spiro atoms. The van der Waals surface area contributed by atoms with Crippen molar-refractivity contribution in [2.24, 2.45) is 0 Å². The van der Waals surface area contributed by atoms with Crippen molar-refractivity contribution < 1.29 is 14.3 Å². The number of carbonyl (C=O) groups excluding carboxylic acids is 1. The molecule has 0 radical (unpaired) electrons. The van der Waals surface area contributed by atoms with E-state index in [-0.39, 0.29) is 12.0 Å². The molecule has 0 saturated carbocycles. The molecule has 1 amide bonds. The predicted octanol–water partition coefficient (Wildman–Crippen LogP) is 2.78. The molecule has 1 aliphatic heterocycles. The van der Waals surface area contributed by atoms with Crippen LogP contribution < -0.4 is 9.47 Å². The normalized spacial score (nSPS) is 17.3. The summed E-state index contributed by atoms with van der Waals surface area (Å²) in [5.74, 6) is 0.764. The standard InChI is InChI=1S/C18H18N4O3S/c1-24-15-9-19-10-16(21-15)25-12-5-4-8-22(11-12)18(23)17-20-13-6-2-3-7-14(13)26-17/h2-3,6-7,9-10,12H,4-5,8,11H2,1H3. The van der Waals surface area contributed by atoms with Crippen molar-refractivity contribution in [1.82, 2.24) is 19.9 Å². The Kier molecular flexibility index (Phi) is 4.66. The smallest absolute Gasteiger partial charge is 0.282 e. The number of benzene rings is 1. The zero-order valence-electron chi connectivity index (χ0n) is 14.3. The lowest BCUT2D eigenvalue weighted by Crippen LogP contribution is -2.44.